The molecule has 1 unspecified atom stereocenters. The highest BCUT2D eigenvalue weighted by molar-refractivity contribution is 5.33. The van der Waals surface area contributed by atoms with E-state index in [1.54, 1.807) is 7.11 Å². The van der Waals surface area contributed by atoms with Gasteiger partial charge in [-0.2, -0.15) is 5.26 Å². The summed E-state index contributed by atoms with van der Waals surface area (Å²) in [4.78, 5) is 0. The van der Waals surface area contributed by atoms with Gasteiger partial charge in [0.15, 0.2) is 0 Å². The third kappa shape index (κ3) is 3.38. The summed E-state index contributed by atoms with van der Waals surface area (Å²) in [6.45, 7) is 2.19. The molecule has 1 N–H and O–H groups in total. The topological polar surface area (TPSA) is 54.3 Å². The van der Waals surface area contributed by atoms with Crippen LogP contribution in [-0.2, 0) is 0 Å². The number of rotatable bonds is 6. The molecule has 0 bridgehead atoms. The highest BCUT2D eigenvalue weighted by atomic mass is 16.5. The van der Waals surface area contributed by atoms with Gasteiger partial charge in [0.2, 0.25) is 0 Å². The molecule has 0 heterocycles. The van der Waals surface area contributed by atoms with E-state index in [-0.39, 0.29) is 0 Å². The Morgan fingerprint density at radius 1 is 1.44 bits per heavy atom. The summed E-state index contributed by atoms with van der Waals surface area (Å²) in [7, 11) is 1.62. The molecule has 1 aliphatic carbocycles. The molecular formula is C14H18N2O2. The Hall–Kier alpha value is -1.73. The molecule has 4 heteroatoms. The van der Waals surface area contributed by atoms with Crippen LogP contribution in [0.15, 0.2) is 24.3 Å². The van der Waals surface area contributed by atoms with Gasteiger partial charge in [-0.15, -0.1) is 0 Å². The first kappa shape index (κ1) is 12.7. The summed E-state index contributed by atoms with van der Waals surface area (Å²) in [5, 5.41) is 12.5. The molecule has 1 aliphatic rings. The fourth-order valence-electron chi connectivity index (χ4n) is 1.70. The number of methoxy groups -OCH3 is 1. The van der Waals surface area contributed by atoms with E-state index in [2.05, 4.69) is 11.4 Å². The molecule has 1 aromatic rings. The van der Waals surface area contributed by atoms with Crippen molar-refractivity contribution in [2.45, 2.75) is 31.3 Å². The van der Waals surface area contributed by atoms with Crippen LogP contribution in [0.5, 0.6) is 11.5 Å². The third-order valence-corrected chi connectivity index (χ3v) is 2.92. The van der Waals surface area contributed by atoms with Crippen molar-refractivity contribution >= 4 is 0 Å². The van der Waals surface area contributed by atoms with Crippen LogP contribution in [0.3, 0.4) is 0 Å². The van der Waals surface area contributed by atoms with Gasteiger partial charge in [0.1, 0.15) is 23.6 Å². The lowest BCUT2D eigenvalue weighted by atomic mass is 10.1. The van der Waals surface area contributed by atoms with Crippen molar-refractivity contribution in [2.75, 3.05) is 13.7 Å². The Labute approximate surface area is 108 Å². The van der Waals surface area contributed by atoms with E-state index in [1.165, 1.54) is 0 Å². The lowest BCUT2D eigenvalue weighted by Gasteiger charge is -2.23. The first-order valence-corrected chi connectivity index (χ1v) is 6.11. The first-order chi connectivity index (χ1) is 8.65. The van der Waals surface area contributed by atoms with E-state index in [4.69, 9.17) is 9.47 Å². The lowest BCUT2D eigenvalue weighted by molar-refractivity contribution is 0.231. The van der Waals surface area contributed by atoms with Crippen LogP contribution in [-0.4, -0.2) is 25.3 Å². The Kier molecular flexibility index (Phi) is 3.73. The molecular weight excluding hydrogens is 228 g/mol. The van der Waals surface area contributed by atoms with Crippen molar-refractivity contribution in [1.29, 1.82) is 5.26 Å². The van der Waals surface area contributed by atoms with Gasteiger partial charge in [0.05, 0.1) is 13.2 Å². The average molecular weight is 246 g/mol. The molecule has 96 valence electrons. The second kappa shape index (κ2) is 5.28. The minimum absolute atomic E-state index is 0.327. The number of hydrogen-bond acceptors (Lipinski definition) is 4. The molecule has 0 amide bonds. The van der Waals surface area contributed by atoms with E-state index >= 15 is 0 Å². The van der Waals surface area contributed by atoms with Gasteiger partial charge in [0.25, 0.3) is 0 Å². The highest BCUT2D eigenvalue weighted by Gasteiger charge is 2.33. The molecule has 0 aromatic heterocycles. The molecule has 2 rings (SSSR count). The summed E-state index contributed by atoms with van der Waals surface area (Å²) < 4.78 is 10.8. The Morgan fingerprint density at radius 2 is 2.17 bits per heavy atom. The molecule has 0 aliphatic heterocycles. The van der Waals surface area contributed by atoms with Gasteiger partial charge in [-0.05, 0) is 31.9 Å². The third-order valence-electron chi connectivity index (χ3n) is 2.92. The van der Waals surface area contributed by atoms with Crippen LogP contribution in [0.1, 0.15) is 19.8 Å². The SMILES string of the molecule is COc1cccc(OCC(C)(C#N)NC2CC2)c1. The van der Waals surface area contributed by atoms with Crippen molar-refractivity contribution in [3.8, 4) is 17.6 Å². The second-order valence-electron chi connectivity index (χ2n) is 4.83. The molecule has 4 nitrogen and oxygen atoms in total. The van der Waals surface area contributed by atoms with Crippen LogP contribution in [0.25, 0.3) is 0 Å². The molecule has 0 saturated heterocycles. The Balaban J connectivity index is 1.94. The molecule has 1 saturated carbocycles. The monoisotopic (exact) mass is 246 g/mol. The van der Waals surface area contributed by atoms with Gasteiger partial charge >= 0.3 is 0 Å². The second-order valence-corrected chi connectivity index (χ2v) is 4.83. The van der Waals surface area contributed by atoms with Gasteiger partial charge in [-0.3, -0.25) is 5.32 Å². The fraction of sp³-hybridized carbons (Fsp3) is 0.500. The maximum Gasteiger partial charge on any atom is 0.138 e. The van der Waals surface area contributed by atoms with Crippen LogP contribution in [0.4, 0.5) is 0 Å². The predicted molar refractivity (Wildman–Crippen MR) is 68.7 cm³/mol. The Morgan fingerprint density at radius 3 is 2.78 bits per heavy atom. The maximum absolute atomic E-state index is 9.22. The zero-order valence-electron chi connectivity index (χ0n) is 10.8. The standard InChI is InChI=1S/C14H18N2O2/c1-14(9-15,16-11-6-7-11)10-18-13-5-3-4-12(8-13)17-2/h3-5,8,11,16H,6-7,10H2,1-2H3. The quantitative estimate of drug-likeness (QED) is 0.835. The minimum Gasteiger partial charge on any atom is -0.497 e. The van der Waals surface area contributed by atoms with Crippen LogP contribution in [0, 0.1) is 11.3 Å². The molecule has 18 heavy (non-hydrogen) atoms. The number of hydrogen-bond donors (Lipinski definition) is 1. The minimum atomic E-state index is -0.635. The van der Waals surface area contributed by atoms with Gasteiger partial charge in [-0.1, -0.05) is 6.07 Å². The molecule has 1 aromatic carbocycles. The van der Waals surface area contributed by atoms with Gasteiger partial charge in [-0.25, -0.2) is 0 Å². The number of nitriles is 1. The summed E-state index contributed by atoms with van der Waals surface area (Å²) in [5.74, 6) is 1.47. The lowest BCUT2D eigenvalue weighted by Crippen LogP contribution is -2.47. The van der Waals surface area contributed by atoms with Gasteiger partial charge < -0.3 is 9.47 Å². The van der Waals surface area contributed by atoms with Crippen LogP contribution in [0.2, 0.25) is 0 Å². The summed E-state index contributed by atoms with van der Waals surface area (Å²) in [6, 6.07) is 10.2. The number of nitrogens with one attached hydrogen (secondary N) is 1. The summed E-state index contributed by atoms with van der Waals surface area (Å²) in [6.07, 6.45) is 2.30. The summed E-state index contributed by atoms with van der Waals surface area (Å²) >= 11 is 0. The molecule has 0 spiro atoms. The van der Waals surface area contributed by atoms with Crippen molar-refractivity contribution in [2.24, 2.45) is 0 Å². The number of ether oxygens (including phenoxy) is 2. The van der Waals surface area contributed by atoms with Crippen molar-refractivity contribution in [3.05, 3.63) is 24.3 Å². The van der Waals surface area contributed by atoms with E-state index in [0.29, 0.717) is 18.4 Å². The zero-order valence-corrected chi connectivity index (χ0v) is 10.8. The van der Waals surface area contributed by atoms with E-state index in [9.17, 15) is 5.26 Å². The summed E-state index contributed by atoms with van der Waals surface area (Å²) in [5.41, 5.74) is -0.635. The van der Waals surface area contributed by atoms with E-state index in [0.717, 1.165) is 18.6 Å². The zero-order chi connectivity index (χ0) is 13.0. The number of benzene rings is 1. The molecule has 1 fully saturated rings. The van der Waals surface area contributed by atoms with Crippen LogP contribution < -0.4 is 14.8 Å². The maximum atomic E-state index is 9.22. The molecule has 1 atom stereocenters. The smallest absolute Gasteiger partial charge is 0.138 e. The van der Waals surface area contributed by atoms with E-state index in [1.807, 2.05) is 31.2 Å². The fourth-order valence-corrected chi connectivity index (χ4v) is 1.70. The van der Waals surface area contributed by atoms with E-state index < -0.39 is 5.54 Å². The van der Waals surface area contributed by atoms with Crippen molar-refractivity contribution < 1.29 is 9.47 Å². The largest absolute Gasteiger partial charge is 0.497 e. The predicted octanol–water partition coefficient (Wildman–Crippen LogP) is 2.11. The van der Waals surface area contributed by atoms with Crippen molar-refractivity contribution in [3.63, 3.8) is 0 Å². The highest BCUT2D eigenvalue weighted by Crippen LogP contribution is 2.24. The van der Waals surface area contributed by atoms with Crippen LogP contribution >= 0.6 is 0 Å². The average Bonchev–Trinajstić information content (AvgIpc) is 3.20. The van der Waals surface area contributed by atoms with Gasteiger partial charge in [0, 0.05) is 12.1 Å². The molecule has 0 radical (unpaired) electrons. The normalized spacial score (nSPS) is 17.6. The number of nitrogens with zero attached hydrogens (tertiary/aromatic N) is 1. The Bertz CT molecular complexity index is 451. The first-order valence-electron chi connectivity index (χ1n) is 6.11. The van der Waals surface area contributed by atoms with Crippen molar-refractivity contribution in [1.82, 2.24) is 5.32 Å².